The van der Waals surface area contributed by atoms with Crippen molar-refractivity contribution in [2.45, 2.75) is 73.3 Å². The van der Waals surface area contributed by atoms with Crippen molar-refractivity contribution in [3.63, 3.8) is 0 Å². The highest BCUT2D eigenvalue weighted by atomic mass is 32.2. The lowest BCUT2D eigenvalue weighted by Gasteiger charge is -2.34. The number of nitrogens with one attached hydrogen (secondary N) is 1. The molecule has 3 aromatic rings. The molecule has 7 nitrogen and oxygen atoms in total. The van der Waals surface area contributed by atoms with Crippen molar-refractivity contribution in [3.05, 3.63) is 78.4 Å². The number of nitriles is 1. The summed E-state index contributed by atoms with van der Waals surface area (Å²) in [4.78, 5) is 27.7. The minimum atomic E-state index is -0.701. The summed E-state index contributed by atoms with van der Waals surface area (Å²) in [6.45, 7) is 13.6. The number of hydrazine groups is 1. The van der Waals surface area contributed by atoms with E-state index < -0.39 is 12.1 Å². The Morgan fingerprint density at radius 2 is 1.61 bits per heavy atom. The smallest absolute Gasteiger partial charge is 0.434 e. The molecule has 0 aliphatic heterocycles. The van der Waals surface area contributed by atoms with Gasteiger partial charge in [0.25, 0.3) is 0 Å². The van der Waals surface area contributed by atoms with Gasteiger partial charge in [-0.2, -0.15) is 10.3 Å². The molecule has 0 fully saturated rings. The maximum Gasteiger partial charge on any atom is 0.434 e. The average molecular weight is 579 g/mol. The topological polar surface area (TPSA) is 85.7 Å². The van der Waals surface area contributed by atoms with Gasteiger partial charge in [0, 0.05) is 17.1 Å². The van der Waals surface area contributed by atoms with Gasteiger partial charge in [0.05, 0.1) is 23.4 Å². The predicted octanol–water partition coefficient (Wildman–Crippen LogP) is 9.85. The number of urea groups is 1. The van der Waals surface area contributed by atoms with Crippen molar-refractivity contribution in [2.24, 2.45) is 0 Å². The fourth-order valence-corrected chi connectivity index (χ4v) is 4.23. The van der Waals surface area contributed by atoms with E-state index >= 15 is 0 Å². The number of hydrogen-bond acceptors (Lipinski definition) is 5. The molecule has 0 aromatic heterocycles. The van der Waals surface area contributed by atoms with E-state index in [1.165, 1.54) is 14.9 Å². The fourth-order valence-electron chi connectivity index (χ4n) is 3.61. The van der Waals surface area contributed by atoms with Gasteiger partial charge in [-0.25, -0.2) is 14.6 Å². The fraction of sp³-hybridized carbons (Fsp3) is 0.364. The summed E-state index contributed by atoms with van der Waals surface area (Å²) in [5.74, 6) is 0. The number of carbonyl (C=O) groups excluding carboxylic acids is 2. The molecule has 3 amide bonds. The van der Waals surface area contributed by atoms with E-state index in [1.54, 1.807) is 49.9 Å². The Labute approximate surface area is 251 Å². The molecular weight excluding hydrogens is 532 g/mol. The number of thioether (sulfide) groups is 1. The second kappa shape index (κ2) is 20.0. The molecule has 0 aliphatic carbocycles. The molecule has 0 unspecified atom stereocenters. The molecule has 0 heterocycles. The van der Waals surface area contributed by atoms with Crippen molar-refractivity contribution in [1.29, 1.82) is 5.26 Å². The van der Waals surface area contributed by atoms with Crippen LogP contribution in [0, 0.1) is 11.3 Å². The lowest BCUT2D eigenvalue weighted by Crippen LogP contribution is -2.52. The molecule has 0 bridgehead atoms. The van der Waals surface area contributed by atoms with Gasteiger partial charge in [0.1, 0.15) is 0 Å². The quantitative estimate of drug-likeness (QED) is 0.223. The second-order valence-electron chi connectivity index (χ2n) is 8.24. The van der Waals surface area contributed by atoms with Crippen LogP contribution in [-0.2, 0) is 4.74 Å². The van der Waals surface area contributed by atoms with Gasteiger partial charge in [-0.15, -0.1) is 11.8 Å². The Kier molecular flexibility index (Phi) is 18.1. The number of rotatable bonds is 7. The van der Waals surface area contributed by atoms with Gasteiger partial charge < -0.3 is 10.1 Å². The highest BCUT2D eigenvalue weighted by molar-refractivity contribution is 7.98. The number of ether oxygens (including phenoxy) is 1. The molecule has 0 saturated heterocycles. The molecule has 41 heavy (non-hydrogen) atoms. The SMILES string of the molecule is C.CC.CC.CCCN(C(=O)Nc1ccc(-c2ccccc2SC)cc1)N(C(=O)OC(C)C)c1cccc(C#N)c1. The van der Waals surface area contributed by atoms with Crippen LogP contribution in [0.5, 0.6) is 0 Å². The molecule has 8 heteroatoms. The van der Waals surface area contributed by atoms with Gasteiger partial charge in [-0.3, -0.25) is 0 Å². The maximum atomic E-state index is 13.4. The van der Waals surface area contributed by atoms with E-state index in [1.807, 2.05) is 77.3 Å². The Morgan fingerprint density at radius 3 is 2.17 bits per heavy atom. The number of hydrogen-bond donors (Lipinski definition) is 1. The first kappa shape index (κ1) is 37.0. The third kappa shape index (κ3) is 10.8. The molecule has 0 spiro atoms. The number of anilines is 2. The average Bonchev–Trinajstić information content (AvgIpc) is 2.99. The summed E-state index contributed by atoms with van der Waals surface area (Å²) in [5, 5.41) is 14.7. The molecule has 0 atom stereocenters. The number of benzene rings is 3. The second-order valence-corrected chi connectivity index (χ2v) is 9.09. The lowest BCUT2D eigenvalue weighted by atomic mass is 10.1. The molecule has 0 aliphatic rings. The van der Waals surface area contributed by atoms with Crippen molar-refractivity contribution in [2.75, 3.05) is 23.1 Å². The van der Waals surface area contributed by atoms with Crippen molar-refractivity contribution >= 4 is 35.3 Å². The molecular formula is C33H46N4O3S. The zero-order valence-corrected chi connectivity index (χ0v) is 25.7. The molecule has 3 rings (SSSR count). The van der Waals surface area contributed by atoms with E-state index in [2.05, 4.69) is 23.5 Å². The largest absolute Gasteiger partial charge is 0.445 e. The third-order valence-corrected chi connectivity index (χ3v) is 5.99. The van der Waals surface area contributed by atoms with Crippen LogP contribution in [0.2, 0.25) is 0 Å². The van der Waals surface area contributed by atoms with Crippen LogP contribution in [0.1, 0.15) is 67.9 Å². The van der Waals surface area contributed by atoms with Crippen LogP contribution in [0.4, 0.5) is 21.0 Å². The summed E-state index contributed by atoms with van der Waals surface area (Å²) in [6, 6.07) is 23.8. The van der Waals surface area contributed by atoms with E-state index in [-0.39, 0.29) is 20.1 Å². The Hall–Kier alpha value is -3.96. The number of nitrogens with zero attached hydrogens (tertiary/aromatic N) is 3. The Balaban J connectivity index is 0.00000306. The first-order chi connectivity index (χ1) is 19.4. The van der Waals surface area contributed by atoms with Crippen molar-refractivity contribution in [3.8, 4) is 17.2 Å². The molecule has 0 radical (unpaired) electrons. The zero-order chi connectivity index (χ0) is 30.1. The summed E-state index contributed by atoms with van der Waals surface area (Å²) in [7, 11) is 0. The van der Waals surface area contributed by atoms with E-state index in [0.29, 0.717) is 23.4 Å². The van der Waals surface area contributed by atoms with E-state index in [0.717, 1.165) is 11.1 Å². The summed E-state index contributed by atoms with van der Waals surface area (Å²) in [5.41, 5.74) is 3.49. The van der Waals surface area contributed by atoms with Gasteiger partial charge in [0.2, 0.25) is 0 Å². The standard InChI is InChI=1S/C28H30N4O3S.2C2H6.CH4/c1-5-17-31(32(28(34)35-20(2)3)24-10-8-9-21(18-24)19-29)27(33)30-23-15-13-22(14-16-23)25-11-6-7-12-26(25)36-4;2*1-2;/h6-16,18,20H,5,17H2,1-4H3,(H,30,33);2*1-2H3;1H4. The van der Waals surface area contributed by atoms with E-state index in [9.17, 15) is 14.9 Å². The Morgan fingerprint density at radius 1 is 0.976 bits per heavy atom. The minimum Gasteiger partial charge on any atom is -0.445 e. The first-order valence-electron chi connectivity index (χ1n) is 13.7. The predicted molar refractivity (Wildman–Crippen MR) is 174 cm³/mol. The van der Waals surface area contributed by atoms with Crippen molar-refractivity contribution < 1.29 is 14.3 Å². The van der Waals surface area contributed by atoms with Crippen LogP contribution in [0.3, 0.4) is 0 Å². The van der Waals surface area contributed by atoms with Gasteiger partial charge in [0.15, 0.2) is 0 Å². The lowest BCUT2D eigenvalue weighted by molar-refractivity contribution is 0.107. The number of amides is 3. The molecule has 0 saturated carbocycles. The summed E-state index contributed by atoms with van der Waals surface area (Å²) in [6.07, 6.45) is 1.55. The minimum absolute atomic E-state index is 0. The normalized spacial score (nSPS) is 9.46. The first-order valence-corrected chi connectivity index (χ1v) is 14.9. The zero-order valence-electron chi connectivity index (χ0n) is 24.9. The maximum absolute atomic E-state index is 13.4. The van der Waals surface area contributed by atoms with E-state index in [4.69, 9.17) is 4.74 Å². The van der Waals surface area contributed by atoms with Gasteiger partial charge >= 0.3 is 12.1 Å². The van der Waals surface area contributed by atoms with Gasteiger partial charge in [-0.05, 0) is 74.0 Å². The van der Waals surface area contributed by atoms with Crippen LogP contribution < -0.4 is 10.3 Å². The summed E-state index contributed by atoms with van der Waals surface area (Å²) >= 11 is 1.68. The monoisotopic (exact) mass is 578 g/mol. The summed E-state index contributed by atoms with van der Waals surface area (Å²) < 4.78 is 5.43. The van der Waals surface area contributed by atoms with Gasteiger partial charge in [-0.1, -0.05) is 78.4 Å². The van der Waals surface area contributed by atoms with Crippen LogP contribution in [-0.4, -0.2) is 36.0 Å². The van der Waals surface area contributed by atoms with Crippen LogP contribution >= 0.6 is 11.8 Å². The van der Waals surface area contributed by atoms with Crippen LogP contribution in [0.25, 0.3) is 11.1 Å². The molecule has 1 N–H and O–H groups in total. The number of carbonyl (C=O) groups is 2. The third-order valence-electron chi connectivity index (χ3n) is 5.19. The highest BCUT2D eigenvalue weighted by Gasteiger charge is 2.29. The molecule has 222 valence electrons. The highest BCUT2D eigenvalue weighted by Crippen LogP contribution is 2.31. The van der Waals surface area contributed by atoms with Crippen molar-refractivity contribution in [1.82, 2.24) is 5.01 Å². The van der Waals surface area contributed by atoms with Crippen LogP contribution in [0.15, 0.2) is 77.7 Å². The molecule has 3 aromatic carbocycles. The Bertz CT molecular complexity index is 1240.